The van der Waals surface area contributed by atoms with E-state index in [9.17, 15) is 15.0 Å². The lowest BCUT2D eigenvalue weighted by Crippen LogP contribution is -2.32. The molecular formula is C31H31Cl3N4O5. The van der Waals surface area contributed by atoms with E-state index in [0.717, 1.165) is 29.9 Å². The first-order valence-electron chi connectivity index (χ1n) is 14.3. The number of nitrogens with zero attached hydrogens (tertiary/aromatic N) is 4. The monoisotopic (exact) mass is 644 g/mol. The third kappa shape index (κ3) is 5.88. The summed E-state index contributed by atoms with van der Waals surface area (Å²) in [6.07, 6.45) is 7.35. The Morgan fingerprint density at radius 2 is 1.77 bits per heavy atom. The van der Waals surface area contributed by atoms with E-state index in [-0.39, 0.29) is 30.2 Å². The van der Waals surface area contributed by atoms with Gasteiger partial charge in [0.2, 0.25) is 0 Å². The number of aromatic nitrogens is 4. The number of hydrogen-bond acceptors (Lipinski definition) is 7. The Bertz CT molecular complexity index is 1650. The lowest BCUT2D eigenvalue weighted by molar-refractivity contribution is -0.00634. The Balaban J connectivity index is 1.18. The second-order valence-electron chi connectivity index (χ2n) is 11.7. The quantitative estimate of drug-likeness (QED) is 0.187. The topological polar surface area (TPSA) is 124 Å². The summed E-state index contributed by atoms with van der Waals surface area (Å²) in [6.45, 7) is 4.12. The summed E-state index contributed by atoms with van der Waals surface area (Å²) in [7, 11) is 0. The number of carboxylic acids is 1. The van der Waals surface area contributed by atoms with Crippen LogP contribution in [-0.2, 0) is 12.2 Å². The van der Waals surface area contributed by atoms with Crippen LogP contribution in [0.5, 0.6) is 5.75 Å². The van der Waals surface area contributed by atoms with Crippen molar-refractivity contribution in [2.75, 3.05) is 0 Å². The van der Waals surface area contributed by atoms with Gasteiger partial charge >= 0.3 is 5.97 Å². The van der Waals surface area contributed by atoms with Crippen LogP contribution in [0, 0.1) is 0 Å². The zero-order valence-electron chi connectivity index (χ0n) is 23.7. The van der Waals surface area contributed by atoms with Crippen molar-refractivity contribution in [1.29, 1.82) is 0 Å². The van der Waals surface area contributed by atoms with Crippen LogP contribution >= 0.6 is 34.8 Å². The number of ether oxygens (including phenoxy) is 1. The van der Waals surface area contributed by atoms with Gasteiger partial charge in [-0.3, -0.25) is 9.67 Å². The number of halogens is 3. The van der Waals surface area contributed by atoms with Gasteiger partial charge in [-0.25, -0.2) is 4.79 Å². The number of aliphatic hydroxyl groups is 1. The Morgan fingerprint density at radius 1 is 1.07 bits per heavy atom. The molecule has 2 fully saturated rings. The Kier molecular flexibility index (Phi) is 8.19. The third-order valence-electron chi connectivity index (χ3n) is 8.39. The fourth-order valence-corrected chi connectivity index (χ4v) is 6.86. The van der Waals surface area contributed by atoms with E-state index in [1.54, 1.807) is 22.9 Å². The van der Waals surface area contributed by atoms with E-state index >= 15 is 0 Å². The molecule has 43 heavy (non-hydrogen) atoms. The molecule has 0 radical (unpaired) electrons. The standard InChI is InChI=1S/C31H31Cl3N4O5/c1-16(2)38-26(12-25(36-38)30(39)40)17-7-9-31(41,10-8-17)21-6-5-19(11-22(21)32)42-15-20-28(37-43-29(20)18-3-4-18)27-23(33)13-35-14-24(27)34/h5-6,11-14,16-18,41H,3-4,7-10,15H2,1-2H3,(H,39,40). The Morgan fingerprint density at radius 3 is 2.37 bits per heavy atom. The van der Waals surface area contributed by atoms with Crippen molar-refractivity contribution in [3.05, 3.63) is 80.0 Å². The zero-order chi connectivity index (χ0) is 30.5. The van der Waals surface area contributed by atoms with Gasteiger partial charge in [-0.05, 0) is 70.6 Å². The van der Waals surface area contributed by atoms with Crippen molar-refractivity contribution < 1.29 is 24.3 Å². The molecule has 226 valence electrons. The minimum Gasteiger partial charge on any atom is -0.489 e. The molecule has 2 aliphatic rings. The van der Waals surface area contributed by atoms with Crippen LogP contribution in [0.3, 0.4) is 0 Å². The van der Waals surface area contributed by atoms with Crippen molar-refractivity contribution in [3.63, 3.8) is 0 Å². The van der Waals surface area contributed by atoms with Gasteiger partial charge in [0.15, 0.2) is 5.69 Å². The lowest BCUT2D eigenvalue weighted by Gasteiger charge is -2.37. The van der Waals surface area contributed by atoms with E-state index in [0.29, 0.717) is 63.3 Å². The molecule has 4 aromatic rings. The maximum absolute atomic E-state index is 11.7. The van der Waals surface area contributed by atoms with Gasteiger partial charge in [0.25, 0.3) is 0 Å². The minimum absolute atomic E-state index is 0.0267. The maximum Gasteiger partial charge on any atom is 0.356 e. The van der Waals surface area contributed by atoms with Crippen molar-refractivity contribution in [2.45, 2.75) is 82.5 Å². The minimum atomic E-state index is -1.11. The van der Waals surface area contributed by atoms with Crippen LogP contribution < -0.4 is 4.74 Å². The number of carboxylic acid groups (broad SMARTS) is 1. The van der Waals surface area contributed by atoms with Crippen molar-refractivity contribution in [3.8, 4) is 17.0 Å². The second kappa shape index (κ2) is 11.8. The number of hydrogen-bond donors (Lipinski definition) is 2. The molecule has 6 rings (SSSR count). The molecule has 0 saturated heterocycles. The fourth-order valence-electron chi connectivity index (χ4n) is 5.97. The van der Waals surface area contributed by atoms with Crippen LogP contribution in [0.2, 0.25) is 15.1 Å². The summed E-state index contributed by atoms with van der Waals surface area (Å²) in [5.74, 6) is 0.627. The summed E-state index contributed by atoms with van der Waals surface area (Å²) in [5.41, 5.74) is 2.32. The van der Waals surface area contributed by atoms with Crippen LogP contribution in [0.4, 0.5) is 0 Å². The molecule has 2 N–H and O–H groups in total. The summed E-state index contributed by atoms with van der Waals surface area (Å²) in [5, 5.41) is 30.8. The number of pyridine rings is 1. The molecule has 0 atom stereocenters. The van der Waals surface area contributed by atoms with E-state index in [2.05, 4.69) is 15.2 Å². The first-order valence-corrected chi connectivity index (χ1v) is 15.4. The van der Waals surface area contributed by atoms with Crippen molar-refractivity contribution in [2.24, 2.45) is 0 Å². The predicted octanol–water partition coefficient (Wildman–Crippen LogP) is 8.17. The number of benzene rings is 1. The SMILES string of the molecule is CC(C)n1nc(C(=O)O)cc1C1CCC(O)(c2ccc(OCc3c(-c4c(Cl)cncc4Cl)noc3C3CC3)cc2Cl)CC1. The van der Waals surface area contributed by atoms with Gasteiger partial charge < -0.3 is 19.5 Å². The molecule has 3 heterocycles. The van der Waals surface area contributed by atoms with Gasteiger partial charge in [-0.1, -0.05) is 46.0 Å². The molecular weight excluding hydrogens is 615 g/mol. The summed E-state index contributed by atoms with van der Waals surface area (Å²) < 4.78 is 13.7. The van der Waals surface area contributed by atoms with E-state index in [1.807, 2.05) is 19.9 Å². The molecule has 2 aliphatic carbocycles. The van der Waals surface area contributed by atoms with Crippen molar-refractivity contribution >= 4 is 40.8 Å². The summed E-state index contributed by atoms with van der Waals surface area (Å²) in [4.78, 5) is 15.6. The second-order valence-corrected chi connectivity index (χ2v) is 12.9. The molecule has 0 bridgehead atoms. The Labute approximate surface area is 263 Å². The number of carbonyl (C=O) groups is 1. The largest absolute Gasteiger partial charge is 0.489 e. The summed E-state index contributed by atoms with van der Waals surface area (Å²) >= 11 is 19.6. The number of rotatable bonds is 9. The molecule has 0 amide bonds. The zero-order valence-corrected chi connectivity index (χ0v) is 26.0. The molecule has 3 aromatic heterocycles. The normalized spacial score (nSPS) is 20.5. The van der Waals surface area contributed by atoms with Crippen LogP contribution in [0.1, 0.15) is 103 Å². The fraction of sp³-hybridized carbons (Fsp3) is 0.419. The van der Waals surface area contributed by atoms with Gasteiger partial charge in [-0.15, -0.1) is 0 Å². The average Bonchev–Trinajstić information content (AvgIpc) is 3.56. The van der Waals surface area contributed by atoms with E-state index < -0.39 is 11.6 Å². The van der Waals surface area contributed by atoms with Gasteiger partial charge in [0.05, 0.1) is 26.2 Å². The summed E-state index contributed by atoms with van der Waals surface area (Å²) in [6, 6.07) is 7.01. The van der Waals surface area contributed by atoms with Crippen LogP contribution in [0.25, 0.3) is 11.3 Å². The molecule has 12 heteroatoms. The highest BCUT2D eigenvalue weighted by molar-refractivity contribution is 6.38. The molecule has 0 spiro atoms. The maximum atomic E-state index is 11.7. The van der Waals surface area contributed by atoms with E-state index in [1.165, 1.54) is 12.4 Å². The highest BCUT2D eigenvalue weighted by Gasteiger charge is 2.38. The molecule has 9 nitrogen and oxygen atoms in total. The smallest absolute Gasteiger partial charge is 0.356 e. The molecule has 2 saturated carbocycles. The molecule has 0 aliphatic heterocycles. The first kappa shape index (κ1) is 29.9. The lowest BCUT2D eigenvalue weighted by atomic mass is 9.74. The van der Waals surface area contributed by atoms with Crippen LogP contribution in [0.15, 0.2) is 41.2 Å². The highest BCUT2D eigenvalue weighted by Crippen LogP contribution is 2.48. The van der Waals surface area contributed by atoms with Gasteiger partial charge in [0, 0.05) is 47.1 Å². The highest BCUT2D eigenvalue weighted by atomic mass is 35.5. The molecule has 1 aromatic carbocycles. The first-order chi connectivity index (χ1) is 20.6. The number of aromatic carboxylic acids is 1. The predicted molar refractivity (Wildman–Crippen MR) is 162 cm³/mol. The van der Waals surface area contributed by atoms with Gasteiger partial charge in [-0.2, -0.15) is 5.10 Å². The van der Waals surface area contributed by atoms with Crippen LogP contribution in [-0.4, -0.2) is 36.1 Å². The molecule has 0 unspecified atom stereocenters. The van der Waals surface area contributed by atoms with E-state index in [4.69, 9.17) is 44.1 Å². The average molecular weight is 646 g/mol. The van der Waals surface area contributed by atoms with Gasteiger partial charge in [0.1, 0.15) is 23.8 Å². The van der Waals surface area contributed by atoms with Crippen molar-refractivity contribution in [1.82, 2.24) is 19.9 Å². The third-order valence-corrected chi connectivity index (χ3v) is 9.27. The Hall–Kier alpha value is -3.11.